The molecule has 128 valence electrons. The molecule has 1 amide bonds. The number of aromatic nitrogens is 2. The maximum absolute atomic E-state index is 12.6. The maximum atomic E-state index is 12.6. The van der Waals surface area contributed by atoms with Gasteiger partial charge in [-0.15, -0.1) is 0 Å². The molecule has 1 unspecified atom stereocenters. The molecule has 1 heterocycles. The van der Waals surface area contributed by atoms with E-state index in [1.807, 2.05) is 13.8 Å². The normalized spacial score (nSPS) is 12.1. The van der Waals surface area contributed by atoms with Crippen LogP contribution < -0.4 is 5.56 Å². The molecule has 0 saturated heterocycles. The van der Waals surface area contributed by atoms with Crippen molar-refractivity contribution < 1.29 is 14.7 Å². The monoisotopic (exact) mass is 331 g/mol. The first-order chi connectivity index (χ1) is 11.3. The largest absolute Gasteiger partial charge is 0.480 e. The molecule has 0 aliphatic rings. The van der Waals surface area contributed by atoms with E-state index in [1.165, 1.54) is 16.6 Å². The van der Waals surface area contributed by atoms with Crippen LogP contribution in [-0.4, -0.2) is 44.3 Å². The van der Waals surface area contributed by atoms with Crippen LogP contribution in [0.4, 0.5) is 0 Å². The zero-order valence-corrected chi connectivity index (χ0v) is 14.0. The highest BCUT2D eigenvalue weighted by atomic mass is 16.4. The van der Waals surface area contributed by atoms with Gasteiger partial charge in [0.25, 0.3) is 5.56 Å². The maximum Gasteiger partial charge on any atom is 0.323 e. The van der Waals surface area contributed by atoms with Crippen LogP contribution in [0.15, 0.2) is 29.1 Å². The third-order valence-electron chi connectivity index (χ3n) is 4.10. The molecule has 0 radical (unpaired) electrons. The Kier molecular flexibility index (Phi) is 5.33. The number of benzene rings is 1. The first-order valence-electron chi connectivity index (χ1n) is 7.81. The Morgan fingerprint density at radius 3 is 2.50 bits per heavy atom. The Morgan fingerprint density at radius 1 is 1.29 bits per heavy atom. The van der Waals surface area contributed by atoms with E-state index in [0.717, 1.165) is 0 Å². The molecular formula is C17H21N3O4. The predicted octanol–water partition coefficient (Wildman–Crippen LogP) is 1.19. The van der Waals surface area contributed by atoms with Gasteiger partial charge >= 0.3 is 5.97 Å². The molecule has 2 rings (SSSR count). The number of carbonyl (C=O) groups is 2. The first-order valence-corrected chi connectivity index (χ1v) is 7.81. The summed E-state index contributed by atoms with van der Waals surface area (Å²) in [5, 5.41) is 14.3. The number of aliphatic carboxylic acids is 1. The molecule has 1 aromatic heterocycles. The van der Waals surface area contributed by atoms with Gasteiger partial charge in [0, 0.05) is 18.5 Å². The van der Waals surface area contributed by atoms with Gasteiger partial charge in [-0.05, 0) is 19.4 Å². The van der Waals surface area contributed by atoms with Crippen molar-refractivity contribution in [3.8, 4) is 0 Å². The fourth-order valence-corrected chi connectivity index (χ4v) is 2.61. The number of nitrogens with zero attached hydrogens (tertiary/aromatic N) is 3. The minimum Gasteiger partial charge on any atom is -0.480 e. The lowest BCUT2D eigenvalue weighted by Gasteiger charge is -2.27. The smallest absolute Gasteiger partial charge is 0.323 e. The van der Waals surface area contributed by atoms with Crippen molar-refractivity contribution in [3.05, 3.63) is 40.3 Å². The van der Waals surface area contributed by atoms with Crippen LogP contribution in [0, 0.1) is 0 Å². The highest BCUT2D eigenvalue weighted by molar-refractivity contribution is 5.89. The molecule has 1 N–H and O–H groups in total. The molecule has 7 heteroatoms. The average molecular weight is 331 g/mol. The van der Waals surface area contributed by atoms with Gasteiger partial charge in [0.1, 0.15) is 6.54 Å². The van der Waals surface area contributed by atoms with E-state index in [2.05, 4.69) is 5.10 Å². The van der Waals surface area contributed by atoms with Gasteiger partial charge in [0.15, 0.2) is 0 Å². The minimum atomic E-state index is -1.05. The van der Waals surface area contributed by atoms with Crippen molar-refractivity contribution in [3.63, 3.8) is 0 Å². The molecule has 7 nitrogen and oxygen atoms in total. The molecule has 1 aromatic carbocycles. The summed E-state index contributed by atoms with van der Waals surface area (Å²) in [4.78, 5) is 37.1. The van der Waals surface area contributed by atoms with Crippen LogP contribution >= 0.6 is 0 Å². The van der Waals surface area contributed by atoms with Gasteiger partial charge in [-0.1, -0.05) is 25.1 Å². The van der Waals surface area contributed by atoms with Crippen molar-refractivity contribution in [2.75, 3.05) is 6.54 Å². The van der Waals surface area contributed by atoms with Crippen LogP contribution in [0.25, 0.3) is 10.8 Å². The topological polar surface area (TPSA) is 92.5 Å². The standard InChI is InChI=1S/C17H21N3O4/c1-4-11(2)20(10-16(22)23)15(21)9-14-12-7-5-6-8-13(12)17(24)19(3)18-14/h5-8,11H,4,9-10H2,1-3H3,(H,22,23). The van der Waals surface area contributed by atoms with E-state index >= 15 is 0 Å². The summed E-state index contributed by atoms with van der Waals surface area (Å²) in [6.45, 7) is 3.36. The van der Waals surface area contributed by atoms with Gasteiger partial charge in [-0.3, -0.25) is 14.4 Å². The van der Waals surface area contributed by atoms with E-state index in [9.17, 15) is 14.4 Å². The second kappa shape index (κ2) is 7.25. The highest BCUT2D eigenvalue weighted by Gasteiger charge is 2.23. The number of carbonyl (C=O) groups excluding carboxylic acids is 1. The summed E-state index contributed by atoms with van der Waals surface area (Å²) in [6.07, 6.45) is 0.604. The minimum absolute atomic E-state index is 0.0494. The SMILES string of the molecule is CCC(C)N(CC(=O)O)C(=O)Cc1nn(C)c(=O)c2ccccc12. The number of amides is 1. The Bertz CT molecular complexity index is 828. The average Bonchev–Trinajstić information content (AvgIpc) is 2.56. The molecule has 0 aliphatic heterocycles. The van der Waals surface area contributed by atoms with Gasteiger partial charge in [0.2, 0.25) is 5.91 Å². The number of fused-ring (bicyclic) bond motifs is 1. The zero-order chi connectivity index (χ0) is 17.9. The van der Waals surface area contributed by atoms with Gasteiger partial charge in [-0.2, -0.15) is 5.10 Å². The zero-order valence-electron chi connectivity index (χ0n) is 14.0. The molecule has 0 fully saturated rings. The lowest BCUT2D eigenvalue weighted by Crippen LogP contribution is -2.43. The molecule has 2 aromatic rings. The van der Waals surface area contributed by atoms with Gasteiger partial charge in [-0.25, -0.2) is 4.68 Å². The molecule has 1 atom stereocenters. The van der Waals surface area contributed by atoms with E-state index in [1.54, 1.807) is 24.3 Å². The Hall–Kier alpha value is -2.70. The molecule has 0 saturated carbocycles. The van der Waals surface area contributed by atoms with Crippen molar-refractivity contribution in [1.82, 2.24) is 14.7 Å². The Labute approximate surface area is 139 Å². The predicted molar refractivity (Wildman–Crippen MR) is 89.8 cm³/mol. The van der Waals surface area contributed by atoms with Crippen LogP contribution in [0.5, 0.6) is 0 Å². The quantitative estimate of drug-likeness (QED) is 0.858. The fourth-order valence-electron chi connectivity index (χ4n) is 2.61. The summed E-state index contributed by atoms with van der Waals surface area (Å²) >= 11 is 0. The van der Waals surface area contributed by atoms with Crippen molar-refractivity contribution in [2.45, 2.75) is 32.7 Å². The third-order valence-corrected chi connectivity index (χ3v) is 4.10. The number of carboxylic acids is 1. The lowest BCUT2D eigenvalue weighted by molar-refractivity contribution is -0.145. The van der Waals surface area contributed by atoms with Crippen molar-refractivity contribution in [1.29, 1.82) is 0 Å². The summed E-state index contributed by atoms with van der Waals surface area (Å²) in [5.74, 6) is -1.37. The molecule has 0 spiro atoms. The van der Waals surface area contributed by atoms with Crippen molar-refractivity contribution in [2.24, 2.45) is 7.05 Å². The summed E-state index contributed by atoms with van der Waals surface area (Å²) in [6, 6.07) is 6.79. The summed E-state index contributed by atoms with van der Waals surface area (Å²) in [7, 11) is 1.53. The van der Waals surface area contributed by atoms with Gasteiger partial charge in [0.05, 0.1) is 17.5 Å². The fraction of sp³-hybridized carbons (Fsp3) is 0.412. The molecule has 0 aliphatic carbocycles. The Balaban J connectivity index is 2.41. The van der Waals surface area contributed by atoms with E-state index < -0.39 is 5.97 Å². The molecule has 0 bridgehead atoms. The van der Waals surface area contributed by atoms with E-state index in [0.29, 0.717) is 22.9 Å². The van der Waals surface area contributed by atoms with Crippen LogP contribution in [-0.2, 0) is 23.1 Å². The third kappa shape index (κ3) is 3.61. The van der Waals surface area contributed by atoms with Crippen molar-refractivity contribution >= 4 is 22.6 Å². The summed E-state index contributed by atoms with van der Waals surface area (Å²) in [5.41, 5.74) is 0.238. The summed E-state index contributed by atoms with van der Waals surface area (Å²) < 4.78 is 1.20. The first kappa shape index (κ1) is 17.7. The number of hydrogen-bond donors (Lipinski definition) is 1. The second-order valence-corrected chi connectivity index (χ2v) is 5.77. The second-order valence-electron chi connectivity index (χ2n) is 5.77. The van der Waals surface area contributed by atoms with Crippen LogP contribution in [0.2, 0.25) is 0 Å². The molecular weight excluding hydrogens is 310 g/mol. The number of rotatable bonds is 6. The number of carboxylic acid groups (broad SMARTS) is 1. The van der Waals surface area contributed by atoms with Crippen LogP contribution in [0.1, 0.15) is 26.0 Å². The Morgan fingerprint density at radius 2 is 1.92 bits per heavy atom. The van der Waals surface area contributed by atoms with Crippen LogP contribution in [0.3, 0.4) is 0 Å². The van der Waals surface area contributed by atoms with Gasteiger partial charge < -0.3 is 10.0 Å². The molecule has 24 heavy (non-hydrogen) atoms. The highest BCUT2D eigenvalue weighted by Crippen LogP contribution is 2.15. The van der Waals surface area contributed by atoms with E-state index in [4.69, 9.17) is 5.11 Å². The number of hydrogen-bond acceptors (Lipinski definition) is 4. The lowest BCUT2D eigenvalue weighted by atomic mass is 10.1. The van der Waals surface area contributed by atoms with E-state index in [-0.39, 0.29) is 30.5 Å². The number of aryl methyl sites for hydroxylation is 1.